The highest BCUT2D eigenvalue weighted by molar-refractivity contribution is 5.80. The van der Waals surface area contributed by atoms with Crippen LogP contribution in [0.1, 0.15) is 0 Å². The van der Waals surface area contributed by atoms with Crippen LogP contribution in [-0.4, -0.2) is 15.4 Å². The van der Waals surface area contributed by atoms with Crippen LogP contribution >= 0.6 is 0 Å². The van der Waals surface area contributed by atoms with Crippen molar-refractivity contribution < 1.29 is 4.52 Å². The van der Waals surface area contributed by atoms with Crippen LogP contribution in [0.3, 0.4) is 0 Å². The van der Waals surface area contributed by atoms with E-state index in [0.717, 1.165) is 16.6 Å². The molecule has 0 aliphatic carbocycles. The highest BCUT2D eigenvalue weighted by atomic mass is 16.5. The fraction of sp³-hybridized carbons (Fsp3) is 0. The first-order chi connectivity index (χ1) is 7.43. The van der Waals surface area contributed by atoms with Gasteiger partial charge in [-0.15, -0.1) is 5.10 Å². The summed E-state index contributed by atoms with van der Waals surface area (Å²) in [6, 6.07) is 11.8. The van der Waals surface area contributed by atoms with E-state index in [4.69, 9.17) is 0 Å². The van der Waals surface area contributed by atoms with Crippen LogP contribution < -0.4 is 0 Å². The van der Waals surface area contributed by atoms with Gasteiger partial charge < -0.3 is 4.52 Å². The fourth-order valence-electron chi connectivity index (χ4n) is 1.48. The number of benzene rings is 1. The Balaban J connectivity index is 2.22. The maximum Gasteiger partial charge on any atom is 0.153 e. The van der Waals surface area contributed by atoms with E-state index in [2.05, 4.69) is 19.9 Å². The second-order valence-corrected chi connectivity index (χ2v) is 3.18. The summed E-state index contributed by atoms with van der Waals surface area (Å²) in [4.78, 5) is 4.46. The molecule has 4 heteroatoms. The molecule has 0 aliphatic heterocycles. The molecule has 0 atom stereocenters. The van der Waals surface area contributed by atoms with E-state index in [9.17, 15) is 0 Å². The zero-order chi connectivity index (χ0) is 10.1. The third-order valence-corrected chi connectivity index (χ3v) is 2.22. The van der Waals surface area contributed by atoms with Crippen molar-refractivity contribution in [3.8, 4) is 11.4 Å². The number of nitrogens with zero attached hydrogens (tertiary/aromatic N) is 3. The summed E-state index contributed by atoms with van der Waals surface area (Å²) >= 11 is 0. The standard InChI is InChI=1S/C11H7N3O/c1-2-4-9-8(3-1)5-6-10(12-9)11-7-15-14-13-11/h1-7H. The summed E-state index contributed by atoms with van der Waals surface area (Å²) in [5.74, 6) is 0. The second-order valence-electron chi connectivity index (χ2n) is 3.18. The molecule has 15 heavy (non-hydrogen) atoms. The van der Waals surface area contributed by atoms with E-state index in [-0.39, 0.29) is 0 Å². The average molecular weight is 197 g/mol. The fourth-order valence-corrected chi connectivity index (χ4v) is 1.48. The Morgan fingerprint density at radius 1 is 0.933 bits per heavy atom. The van der Waals surface area contributed by atoms with Crippen molar-refractivity contribution in [2.75, 3.05) is 0 Å². The highest BCUT2D eigenvalue weighted by Gasteiger charge is 2.04. The minimum Gasteiger partial charge on any atom is -0.345 e. The average Bonchev–Trinajstić information content (AvgIpc) is 2.82. The van der Waals surface area contributed by atoms with Crippen LogP contribution in [0.2, 0.25) is 0 Å². The maximum absolute atomic E-state index is 4.68. The molecule has 1 aromatic carbocycles. The number of aromatic nitrogens is 3. The lowest BCUT2D eigenvalue weighted by molar-refractivity contribution is 0.393. The Kier molecular flexibility index (Phi) is 1.71. The molecule has 2 heterocycles. The minimum atomic E-state index is 0.653. The lowest BCUT2D eigenvalue weighted by Gasteiger charge is -1.98. The van der Waals surface area contributed by atoms with Gasteiger partial charge in [0.05, 0.1) is 11.2 Å². The Bertz CT molecular complexity index is 590. The third-order valence-electron chi connectivity index (χ3n) is 2.22. The van der Waals surface area contributed by atoms with Crippen LogP contribution in [0, 0.1) is 0 Å². The van der Waals surface area contributed by atoms with Crippen molar-refractivity contribution >= 4 is 10.9 Å². The van der Waals surface area contributed by atoms with Gasteiger partial charge in [-0.05, 0) is 12.1 Å². The molecule has 0 aliphatic rings. The number of fused-ring (bicyclic) bond motifs is 1. The normalized spacial score (nSPS) is 10.7. The van der Waals surface area contributed by atoms with Gasteiger partial charge in [0.1, 0.15) is 0 Å². The van der Waals surface area contributed by atoms with Gasteiger partial charge in [0.2, 0.25) is 0 Å². The molecule has 2 aromatic heterocycles. The van der Waals surface area contributed by atoms with Gasteiger partial charge in [-0.1, -0.05) is 24.3 Å². The summed E-state index contributed by atoms with van der Waals surface area (Å²) in [7, 11) is 0. The number of hydrogen-bond donors (Lipinski definition) is 0. The lowest BCUT2D eigenvalue weighted by Crippen LogP contribution is -1.84. The minimum absolute atomic E-state index is 0.653. The molecule has 0 N–H and O–H groups in total. The Hall–Kier alpha value is -2.23. The molecule has 72 valence electrons. The number of hydrogen-bond acceptors (Lipinski definition) is 4. The van der Waals surface area contributed by atoms with Crippen LogP contribution in [0.25, 0.3) is 22.3 Å². The number of rotatable bonds is 1. The summed E-state index contributed by atoms with van der Waals surface area (Å²) in [6.07, 6.45) is 1.48. The Morgan fingerprint density at radius 3 is 2.73 bits per heavy atom. The largest absolute Gasteiger partial charge is 0.345 e. The Morgan fingerprint density at radius 2 is 1.87 bits per heavy atom. The first-order valence-corrected chi connectivity index (χ1v) is 4.57. The summed E-state index contributed by atoms with van der Waals surface area (Å²) in [5, 5.41) is 8.34. The molecule has 0 saturated heterocycles. The molecular weight excluding hydrogens is 190 g/mol. The van der Waals surface area contributed by atoms with Crippen molar-refractivity contribution in [2.24, 2.45) is 0 Å². The van der Waals surface area contributed by atoms with Crippen molar-refractivity contribution in [2.45, 2.75) is 0 Å². The van der Waals surface area contributed by atoms with Crippen LogP contribution in [-0.2, 0) is 0 Å². The lowest BCUT2D eigenvalue weighted by atomic mass is 10.2. The molecule has 0 spiro atoms. The van der Waals surface area contributed by atoms with E-state index in [1.807, 2.05) is 36.4 Å². The summed E-state index contributed by atoms with van der Waals surface area (Å²) in [5.41, 5.74) is 2.37. The van der Waals surface area contributed by atoms with Gasteiger partial charge in [0.15, 0.2) is 12.0 Å². The van der Waals surface area contributed by atoms with E-state index >= 15 is 0 Å². The zero-order valence-corrected chi connectivity index (χ0v) is 7.79. The molecule has 0 fully saturated rings. The number of para-hydroxylation sites is 1. The molecule has 0 saturated carbocycles. The van der Waals surface area contributed by atoms with Crippen LogP contribution in [0.4, 0.5) is 0 Å². The quantitative estimate of drug-likeness (QED) is 0.600. The molecule has 0 unspecified atom stereocenters. The predicted molar refractivity (Wildman–Crippen MR) is 55.0 cm³/mol. The van der Waals surface area contributed by atoms with E-state index in [0.29, 0.717) is 5.69 Å². The van der Waals surface area contributed by atoms with Crippen molar-refractivity contribution in [3.05, 3.63) is 42.7 Å². The first kappa shape index (κ1) is 8.11. The van der Waals surface area contributed by atoms with Gasteiger partial charge >= 0.3 is 0 Å². The molecule has 0 bridgehead atoms. The highest BCUT2D eigenvalue weighted by Crippen LogP contribution is 2.18. The summed E-state index contributed by atoms with van der Waals surface area (Å²) < 4.78 is 4.68. The van der Waals surface area contributed by atoms with Crippen molar-refractivity contribution in [1.82, 2.24) is 15.4 Å². The molecule has 4 nitrogen and oxygen atoms in total. The SMILES string of the molecule is c1ccc2nc(-c3conn3)ccc2c1. The molecule has 3 aromatic rings. The zero-order valence-electron chi connectivity index (χ0n) is 7.79. The molecule has 0 radical (unpaired) electrons. The van der Waals surface area contributed by atoms with Crippen LogP contribution in [0.15, 0.2) is 47.2 Å². The second kappa shape index (κ2) is 3.16. The van der Waals surface area contributed by atoms with Gasteiger partial charge in [-0.25, -0.2) is 4.98 Å². The topological polar surface area (TPSA) is 51.8 Å². The van der Waals surface area contributed by atoms with Gasteiger partial charge in [0, 0.05) is 10.7 Å². The first-order valence-electron chi connectivity index (χ1n) is 4.57. The third kappa shape index (κ3) is 1.36. The van der Waals surface area contributed by atoms with Crippen molar-refractivity contribution in [3.63, 3.8) is 0 Å². The molecule has 3 rings (SSSR count). The smallest absolute Gasteiger partial charge is 0.153 e. The van der Waals surface area contributed by atoms with E-state index < -0.39 is 0 Å². The monoisotopic (exact) mass is 197 g/mol. The molecule has 0 amide bonds. The van der Waals surface area contributed by atoms with E-state index in [1.54, 1.807) is 0 Å². The van der Waals surface area contributed by atoms with Crippen LogP contribution in [0.5, 0.6) is 0 Å². The Labute approximate surface area is 85.5 Å². The van der Waals surface area contributed by atoms with Crippen molar-refractivity contribution in [1.29, 1.82) is 0 Å². The maximum atomic E-state index is 4.68. The summed E-state index contributed by atoms with van der Waals surface area (Å²) in [6.45, 7) is 0. The van der Waals surface area contributed by atoms with Gasteiger partial charge in [-0.3, -0.25) is 0 Å². The van der Waals surface area contributed by atoms with E-state index in [1.165, 1.54) is 6.26 Å². The van der Waals surface area contributed by atoms with Gasteiger partial charge in [0.25, 0.3) is 0 Å². The van der Waals surface area contributed by atoms with Gasteiger partial charge in [-0.2, -0.15) is 0 Å². The number of pyridine rings is 1. The molecular formula is C11H7N3O. The predicted octanol–water partition coefficient (Wildman–Crippen LogP) is 2.28.